The Labute approximate surface area is 162 Å². The number of amides is 1. The van der Waals surface area contributed by atoms with E-state index in [4.69, 9.17) is 23.2 Å². The summed E-state index contributed by atoms with van der Waals surface area (Å²) in [5.41, 5.74) is 6.19. The highest BCUT2D eigenvalue weighted by Crippen LogP contribution is 2.29. The lowest BCUT2D eigenvalue weighted by Gasteiger charge is -2.05. The van der Waals surface area contributed by atoms with Crippen LogP contribution >= 0.6 is 23.4 Å². The van der Waals surface area contributed by atoms with Crippen LogP contribution in [0.25, 0.3) is 11.4 Å². The Balaban J connectivity index is 1.82. The van der Waals surface area contributed by atoms with Gasteiger partial charge in [-0.05, 0) is 30.3 Å². The molecule has 0 fully saturated rings. The second-order valence-electron chi connectivity index (χ2n) is 5.44. The van der Waals surface area contributed by atoms with Crippen molar-refractivity contribution in [2.24, 2.45) is 5.73 Å². The Morgan fingerprint density at radius 1 is 1.22 bits per heavy atom. The molecule has 0 unspecified atom stereocenters. The zero-order valence-electron chi connectivity index (χ0n) is 13.7. The van der Waals surface area contributed by atoms with Gasteiger partial charge in [-0.2, -0.15) is 0 Å². The molecule has 3 aromatic rings. The number of nitrogen functional groups attached to an aromatic ring is 1. The summed E-state index contributed by atoms with van der Waals surface area (Å²) < 4.78 is 1.30. The number of primary amides is 1. The van der Waals surface area contributed by atoms with Gasteiger partial charge in [0, 0.05) is 33.5 Å². The van der Waals surface area contributed by atoms with Crippen LogP contribution in [0, 0.1) is 10.1 Å². The molecule has 9 nitrogen and oxygen atoms in total. The molecule has 0 spiro atoms. The van der Waals surface area contributed by atoms with Gasteiger partial charge < -0.3 is 11.6 Å². The fourth-order valence-electron chi connectivity index (χ4n) is 2.32. The first kappa shape index (κ1) is 18.7. The zero-order chi connectivity index (χ0) is 19.6. The van der Waals surface area contributed by atoms with E-state index >= 15 is 0 Å². The highest BCUT2D eigenvalue weighted by atomic mass is 35.5. The minimum atomic E-state index is -0.730. The molecule has 0 aliphatic heterocycles. The first-order chi connectivity index (χ1) is 12.9. The molecule has 138 valence electrons. The molecule has 0 aliphatic rings. The number of rotatable bonds is 6. The molecule has 27 heavy (non-hydrogen) atoms. The van der Waals surface area contributed by atoms with Gasteiger partial charge in [0.15, 0.2) is 5.82 Å². The van der Waals surface area contributed by atoms with Gasteiger partial charge in [-0.15, -0.1) is 10.2 Å². The van der Waals surface area contributed by atoms with Gasteiger partial charge in [0.25, 0.3) is 5.69 Å². The van der Waals surface area contributed by atoms with Crippen LogP contribution < -0.4 is 11.6 Å². The Kier molecular flexibility index (Phi) is 5.28. The number of aromatic nitrogens is 3. The Bertz CT molecular complexity index is 1020. The summed E-state index contributed by atoms with van der Waals surface area (Å²) in [6, 6.07) is 11.0. The Morgan fingerprint density at radius 3 is 2.56 bits per heavy atom. The number of hydrogen-bond acceptors (Lipinski definition) is 7. The number of nitrogens with two attached hydrogens (primary N) is 2. The molecule has 0 aliphatic carbocycles. The third-order valence-corrected chi connectivity index (χ3v) is 4.93. The maximum Gasteiger partial charge on any atom is 0.274 e. The number of benzene rings is 2. The number of halogens is 1. The van der Waals surface area contributed by atoms with E-state index in [0.717, 1.165) is 11.6 Å². The SMILES string of the molecule is NC(=O)c1ccc(CSc2nnc(-c3ccc(Cl)cc3)n2N)c([N+](=O)[O-])c1. The molecule has 0 saturated carbocycles. The number of thioether (sulfide) groups is 1. The van der Waals surface area contributed by atoms with E-state index in [9.17, 15) is 14.9 Å². The number of carbonyl (C=O) groups excluding carboxylic acids is 1. The van der Waals surface area contributed by atoms with Crippen LogP contribution in [0.5, 0.6) is 0 Å². The minimum Gasteiger partial charge on any atom is -0.366 e. The standard InChI is InChI=1S/C16H13ClN6O3S/c17-12-5-3-9(4-6-12)15-20-21-16(22(15)19)27-8-11-2-1-10(14(18)24)7-13(11)23(25)26/h1-7H,8,19H2,(H2,18,24). The summed E-state index contributed by atoms with van der Waals surface area (Å²) in [5.74, 6) is 5.96. The van der Waals surface area contributed by atoms with Crippen LogP contribution in [0.2, 0.25) is 5.02 Å². The molecule has 1 aromatic heterocycles. The quantitative estimate of drug-likeness (QED) is 0.278. The van der Waals surface area contributed by atoms with Gasteiger partial charge in [-0.3, -0.25) is 14.9 Å². The van der Waals surface area contributed by atoms with Crippen molar-refractivity contribution in [3.8, 4) is 11.4 Å². The zero-order valence-corrected chi connectivity index (χ0v) is 15.3. The normalized spacial score (nSPS) is 10.7. The van der Waals surface area contributed by atoms with Crippen LogP contribution in [0.1, 0.15) is 15.9 Å². The maximum atomic E-state index is 11.3. The molecule has 4 N–H and O–H groups in total. The Hall–Kier alpha value is -3.11. The molecule has 3 rings (SSSR count). The molecule has 1 heterocycles. The van der Waals surface area contributed by atoms with E-state index in [1.54, 1.807) is 24.3 Å². The third-order valence-electron chi connectivity index (χ3n) is 3.69. The number of carbonyl (C=O) groups is 1. The van der Waals surface area contributed by atoms with Crippen molar-refractivity contribution in [1.29, 1.82) is 0 Å². The molecular formula is C16H13ClN6O3S. The van der Waals surface area contributed by atoms with Crippen molar-refractivity contribution in [3.63, 3.8) is 0 Å². The molecule has 1 amide bonds. The molecule has 2 aromatic carbocycles. The van der Waals surface area contributed by atoms with Gasteiger partial charge >= 0.3 is 0 Å². The van der Waals surface area contributed by atoms with E-state index in [1.165, 1.54) is 28.6 Å². The number of nitro groups is 1. The van der Waals surface area contributed by atoms with E-state index in [0.29, 0.717) is 21.6 Å². The van der Waals surface area contributed by atoms with Gasteiger partial charge in [-0.25, -0.2) is 4.68 Å². The second kappa shape index (κ2) is 7.64. The summed E-state index contributed by atoms with van der Waals surface area (Å²) in [4.78, 5) is 21.9. The predicted octanol–water partition coefficient (Wildman–Crippen LogP) is 2.61. The van der Waals surface area contributed by atoms with Crippen molar-refractivity contribution in [2.45, 2.75) is 10.9 Å². The number of nitro benzene ring substituents is 1. The van der Waals surface area contributed by atoms with Crippen molar-refractivity contribution < 1.29 is 9.72 Å². The smallest absolute Gasteiger partial charge is 0.274 e. The highest BCUT2D eigenvalue weighted by molar-refractivity contribution is 7.98. The van der Waals surface area contributed by atoms with E-state index in [-0.39, 0.29) is 17.0 Å². The largest absolute Gasteiger partial charge is 0.366 e. The Morgan fingerprint density at radius 2 is 1.93 bits per heavy atom. The lowest BCUT2D eigenvalue weighted by Crippen LogP contribution is -2.12. The van der Waals surface area contributed by atoms with E-state index < -0.39 is 10.8 Å². The van der Waals surface area contributed by atoms with Crippen LogP contribution in [-0.4, -0.2) is 25.7 Å². The van der Waals surface area contributed by atoms with Crippen LogP contribution in [0.15, 0.2) is 47.6 Å². The summed E-state index contributed by atoms with van der Waals surface area (Å²) >= 11 is 7.05. The second-order valence-corrected chi connectivity index (χ2v) is 6.82. The summed E-state index contributed by atoms with van der Waals surface area (Å²) in [5, 5.41) is 20.3. The molecule has 0 atom stereocenters. The van der Waals surface area contributed by atoms with E-state index in [1.807, 2.05) is 0 Å². The van der Waals surface area contributed by atoms with Crippen molar-refractivity contribution in [3.05, 3.63) is 68.7 Å². The monoisotopic (exact) mass is 404 g/mol. The van der Waals surface area contributed by atoms with Gasteiger partial charge in [0.2, 0.25) is 11.1 Å². The van der Waals surface area contributed by atoms with Crippen LogP contribution in [0.3, 0.4) is 0 Å². The van der Waals surface area contributed by atoms with Crippen molar-refractivity contribution >= 4 is 35.0 Å². The summed E-state index contributed by atoms with van der Waals surface area (Å²) in [6.07, 6.45) is 0. The fourth-order valence-corrected chi connectivity index (χ4v) is 3.30. The van der Waals surface area contributed by atoms with Gasteiger partial charge in [0.05, 0.1) is 4.92 Å². The molecule has 0 bridgehead atoms. The average Bonchev–Trinajstić information content (AvgIpc) is 3.01. The molecule has 0 saturated heterocycles. The topological polar surface area (TPSA) is 143 Å². The molecule has 11 heteroatoms. The van der Waals surface area contributed by atoms with Crippen molar-refractivity contribution in [2.75, 3.05) is 5.84 Å². The molecule has 0 radical (unpaired) electrons. The van der Waals surface area contributed by atoms with Gasteiger partial charge in [-0.1, -0.05) is 29.4 Å². The first-order valence-electron chi connectivity index (χ1n) is 7.53. The average molecular weight is 405 g/mol. The van der Waals surface area contributed by atoms with Crippen LogP contribution in [-0.2, 0) is 5.75 Å². The van der Waals surface area contributed by atoms with Crippen LogP contribution in [0.4, 0.5) is 5.69 Å². The van der Waals surface area contributed by atoms with E-state index in [2.05, 4.69) is 10.2 Å². The third kappa shape index (κ3) is 4.01. The van der Waals surface area contributed by atoms with Gasteiger partial charge in [0.1, 0.15) is 0 Å². The lowest BCUT2D eigenvalue weighted by molar-refractivity contribution is -0.385. The minimum absolute atomic E-state index is 0.0717. The van der Waals surface area contributed by atoms with Crippen molar-refractivity contribution in [1.82, 2.24) is 14.9 Å². The molecular weight excluding hydrogens is 392 g/mol. The number of hydrogen-bond donors (Lipinski definition) is 2. The lowest BCUT2D eigenvalue weighted by atomic mass is 10.1. The number of nitrogens with zero attached hydrogens (tertiary/aromatic N) is 4. The predicted molar refractivity (Wildman–Crippen MR) is 102 cm³/mol. The summed E-state index contributed by atoms with van der Waals surface area (Å²) in [6.45, 7) is 0. The maximum absolute atomic E-state index is 11.3. The summed E-state index contributed by atoms with van der Waals surface area (Å²) in [7, 11) is 0. The fraction of sp³-hybridized carbons (Fsp3) is 0.0625. The highest BCUT2D eigenvalue weighted by Gasteiger charge is 2.18. The first-order valence-corrected chi connectivity index (χ1v) is 8.89.